The number of nitrogens with one attached hydrogen (secondary N) is 2. The van der Waals surface area contributed by atoms with Crippen molar-refractivity contribution < 1.29 is 13.9 Å². The Labute approximate surface area is 145 Å². The topological polar surface area (TPSA) is 94.3 Å². The van der Waals surface area contributed by atoms with Crippen molar-refractivity contribution in [3.05, 3.63) is 54.1 Å². The SMILES string of the molecule is COc1ccc(CNc2nncc(NCc3ccco3)n2)cc1OC. The maximum absolute atomic E-state index is 5.30. The third kappa shape index (κ3) is 4.37. The van der Waals surface area contributed by atoms with Crippen LogP contribution in [0, 0.1) is 0 Å². The lowest BCUT2D eigenvalue weighted by molar-refractivity contribution is 0.354. The minimum absolute atomic E-state index is 0.430. The predicted octanol–water partition coefficient (Wildman–Crippen LogP) is 2.71. The standard InChI is InChI=1S/C17H19N5O3/c1-23-14-6-5-12(8-15(14)24-2)9-19-17-21-16(11-20-22-17)18-10-13-4-3-7-25-13/h3-8,11H,9-10H2,1-2H3,(H2,18,19,21,22). The van der Waals surface area contributed by atoms with Crippen molar-refractivity contribution in [3.8, 4) is 11.5 Å². The molecule has 0 radical (unpaired) electrons. The summed E-state index contributed by atoms with van der Waals surface area (Å²) in [7, 11) is 3.22. The van der Waals surface area contributed by atoms with Gasteiger partial charge >= 0.3 is 0 Å². The number of hydrogen-bond acceptors (Lipinski definition) is 8. The van der Waals surface area contributed by atoms with E-state index >= 15 is 0 Å². The summed E-state index contributed by atoms with van der Waals surface area (Å²) in [6, 6.07) is 9.43. The van der Waals surface area contributed by atoms with Gasteiger partial charge in [0.1, 0.15) is 5.76 Å². The van der Waals surface area contributed by atoms with Crippen LogP contribution in [0.2, 0.25) is 0 Å². The fourth-order valence-corrected chi connectivity index (χ4v) is 2.23. The summed E-state index contributed by atoms with van der Waals surface area (Å²) in [6.45, 7) is 1.06. The molecule has 2 aromatic heterocycles. The van der Waals surface area contributed by atoms with Gasteiger partial charge in [-0.3, -0.25) is 0 Å². The zero-order valence-electron chi connectivity index (χ0n) is 14.0. The molecule has 0 amide bonds. The summed E-state index contributed by atoms with van der Waals surface area (Å²) in [5.41, 5.74) is 1.01. The van der Waals surface area contributed by atoms with Crippen molar-refractivity contribution in [2.24, 2.45) is 0 Å². The van der Waals surface area contributed by atoms with Crippen molar-refractivity contribution >= 4 is 11.8 Å². The summed E-state index contributed by atoms with van der Waals surface area (Å²) in [4.78, 5) is 4.37. The largest absolute Gasteiger partial charge is 0.493 e. The third-order valence-corrected chi connectivity index (χ3v) is 3.48. The fraction of sp³-hybridized carbons (Fsp3) is 0.235. The number of anilines is 2. The van der Waals surface area contributed by atoms with Crippen LogP contribution in [0.25, 0.3) is 0 Å². The summed E-state index contributed by atoms with van der Waals surface area (Å²) >= 11 is 0. The van der Waals surface area contributed by atoms with Crippen LogP contribution >= 0.6 is 0 Å². The lowest BCUT2D eigenvalue weighted by atomic mass is 10.2. The van der Waals surface area contributed by atoms with Gasteiger partial charge in [0, 0.05) is 6.54 Å². The van der Waals surface area contributed by atoms with Crippen LogP contribution < -0.4 is 20.1 Å². The van der Waals surface area contributed by atoms with E-state index in [0.717, 1.165) is 11.3 Å². The van der Waals surface area contributed by atoms with Crippen molar-refractivity contribution in [1.82, 2.24) is 15.2 Å². The Morgan fingerprint density at radius 1 is 1.04 bits per heavy atom. The molecular weight excluding hydrogens is 322 g/mol. The Bertz CT molecular complexity index is 808. The third-order valence-electron chi connectivity index (χ3n) is 3.48. The second-order valence-electron chi connectivity index (χ2n) is 5.14. The molecule has 0 unspecified atom stereocenters. The number of ether oxygens (including phenoxy) is 2. The zero-order valence-corrected chi connectivity index (χ0v) is 14.0. The molecule has 3 aromatic rings. The smallest absolute Gasteiger partial charge is 0.244 e. The second kappa shape index (κ2) is 8.00. The monoisotopic (exact) mass is 341 g/mol. The first-order valence-corrected chi connectivity index (χ1v) is 7.69. The summed E-state index contributed by atoms with van der Waals surface area (Å²) in [6.07, 6.45) is 3.19. The number of methoxy groups -OCH3 is 2. The van der Waals surface area contributed by atoms with Gasteiger partial charge in [-0.1, -0.05) is 6.07 Å². The highest BCUT2D eigenvalue weighted by Gasteiger charge is 2.06. The van der Waals surface area contributed by atoms with E-state index in [1.54, 1.807) is 26.7 Å². The minimum atomic E-state index is 0.430. The van der Waals surface area contributed by atoms with Crippen molar-refractivity contribution in [1.29, 1.82) is 0 Å². The molecule has 0 fully saturated rings. The zero-order chi connectivity index (χ0) is 17.5. The highest BCUT2D eigenvalue weighted by atomic mass is 16.5. The number of hydrogen-bond donors (Lipinski definition) is 2. The molecule has 8 nitrogen and oxygen atoms in total. The highest BCUT2D eigenvalue weighted by molar-refractivity contribution is 5.44. The van der Waals surface area contributed by atoms with E-state index in [2.05, 4.69) is 25.8 Å². The lowest BCUT2D eigenvalue weighted by Gasteiger charge is -2.10. The van der Waals surface area contributed by atoms with Gasteiger partial charge in [0.05, 0.1) is 33.2 Å². The van der Waals surface area contributed by atoms with Crippen LogP contribution in [0.5, 0.6) is 11.5 Å². The average Bonchev–Trinajstić information content (AvgIpc) is 3.18. The van der Waals surface area contributed by atoms with Gasteiger partial charge in [0.25, 0.3) is 0 Å². The van der Waals surface area contributed by atoms with E-state index in [1.807, 2.05) is 30.3 Å². The van der Waals surface area contributed by atoms with E-state index in [1.165, 1.54) is 0 Å². The Morgan fingerprint density at radius 3 is 2.68 bits per heavy atom. The van der Waals surface area contributed by atoms with Gasteiger partial charge < -0.3 is 24.5 Å². The molecule has 0 aliphatic rings. The molecule has 0 aliphatic heterocycles. The number of nitrogens with zero attached hydrogens (tertiary/aromatic N) is 3. The van der Waals surface area contributed by atoms with E-state index in [4.69, 9.17) is 13.9 Å². The van der Waals surface area contributed by atoms with E-state index in [0.29, 0.717) is 36.4 Å². The first kappa shape index (κ1) is 16.6. The van der Waals surface area contributed by atoms with Crippen LogP contribution in [0.1, 0.15) is 11.3 Å². The van der Waals surface area contributed by atoms with Crippen molar-refractivity contribution in [2.75, 3.05) is 24.9 Å². The van der Waals surface area contributed by atoms with Gasteiger partial charge in [-0.05, 0) is 29.8 Å². The molecule has 2 heterocycles. The molecule has 3 rings (SSSR count). The Balaban J connectivity index is 1.60. The molecule has 2 N–H and O–H groups in total. The summed E-state index contributed by atoms with van der Waals surface area (Å²) in [5.74, 6) is 3.22. The second-order valence-corrected chi connectivity index (χ2v) is 5.14. The summed E-state index contributed by atoms with van der Waals surface area (Å²) in [5, 5.41) is 14.2. The molecule has 0 saturated heterocycles. The Morgan fingerprint density at radius 2 is 1.92 bits per heavy atom. The number of rotatable bonds is 8. The van der Waals surface area contributed by atoms with Gasteiger partial charge in [0.15, 0.2) is 17.3 Å². The van der Waals surface area contributed by atoms with Crippen LogP contribution in [-0.4, -0.2) is 29.4 Å². The fourth-order valence-electron chi connectivity index (χ4n) is 2.23. The number of aromatic nitrogens is 3. The Hall–Kier alpha value is -3.29. The van der Waals surface area contributed by atoms with Gasteiger partial charge in [-0.15, -0.1) is 5.10 Å². The molecule has 0 spiro atoms. The highest BCUT2D eigenvalue weighted by Crippen LogP contribution is 2.27. The van der Waals surface area contributed by atoms with Crippen molar-refractivity contribution in [2.45, 2.75) is 13.1 Å². The van der Waals surface area contributed by atoms with Gasteiger partial charge in [-0.2, -0.15) is 10.1 Å². The van der Waals surface area contributed by atoms with Crippen LogP contribution in [0.3, 0.4) is 0 Å². The molecular formula is C17H19N5O3. The predicted molar refractivity (Wildman–Crippen MR) is 92.7 cm³/mol. The van der Waals surface area contributed by atoms with E-state index in [-0.39, 0.29) is 0 Å². The minimum Gasteiger partial charge on any atom is -0.493 e. The average molecular weight is 341 g/mol. The maximum Gasteiger partial charge on any atom is 0.244 e. The molecule has 1 aromatic carbocycles. The van der Waals surface area contributed by atoms with Crippen LogP contribution in [0.15, 0.2) is 47.2 Å². The van der Waals surface area contributed by atoms with Crippen LogP contribution in [0.4, 0.5) is 11.8 Å². The van der Waals surface area contributed by atoms with Crippen LogP contribution in [-0.2, 0) is 13.1 Å². The van der Waals surface area contributed by atoms with E-state index < -0.39 is 0 Å². The number of furan rings is 1. The Kier molecular flexibility index (Phi) is 5.30. The molecule has 130 valence electrons. The van der Waals surface area contributed by atoms with Crippen molar-refractivity contribution in [3.63, 3.8) is 0 Å². The molecule has 0 bridgehead atoms. The molecule has 0 aliphatic carbocycles. The number of benzene rings is 1. The summed E-state index contributed by atoms with van der Waals surface area (Å²) < 4.78 is 15.8. The first-order valence-electron chi connectivity index (χ1n) is 7.69. The maximum atomic E-state index is 5.30. The molecule has 0 atom stereocenters. The lowest BCUT2D eigenvalue weighted by Crippen LogP contribution is -2.08. The quantitative estimate of drug-likeness (QED) is 0.646. The molecule has 8 heteroatoms. The normalized spacial score (nSPS) is 10.3. The first-order chi connectivity index (χ1) is 12.3. The molecule has 25 heavy (non-hydrogen) atoms. The van der Waals surface area contributed by atoms with Gasteiger partial charge in [0.2, 0.25) is 5.95 Å². The van der Waals surface area contributed by atoms with Gasteiger partial charge in [-0.25, -0.2) is 0 Å². The molecule has 0 saturated carbocycles. The van der Waals surface area contributed by atoms with E-state index in [9.17, 15) is 0 Å².